The highest BCUT2D eigenvalue weighted by molar-refractivity contribution is 7.93. The zero-order chi connectivity index (χ0) is 23.4. The molecule has 1 aromatic heterocycles. The Kier molecular flexibility index (Phi) is 7.12. The number of nitriles is 1. The Morgan fingerprint density at radius 2 is 1.88 bits per heavy atom. The van der Waals surface area contributed by atoms with Crippen LogP contribution in [0, 0.1) is 11.3 Å². The first-order valence-electron chi connectivity index (χ1n) is 10.7. The molecule has 1 saturated heterocycles. The predicted molar refractivity (Wildman–Crippen MR) is 134 cm³/mol. The summed E-state index contributed by atoms with van der Waals surface area (Å²) in [6.45, 7) is 7.08. The van der Waals surface area contributed by atoms with Crippen LogP contribution in [0.4, 0.5) is 5.69 Å². The van der Waals surface area contributed by atoms with E-state index in [1.807, 2.05) is 12.1 Å². The summed E-state index contributed by atoms with van der Waals surface area (Å²) in [6.07, 6.45) is 0. The third-order valence-electron chi connectivity index (χ3n) is 5.69. The lowest BCUT2D eigenvalue weighted by molar-refractivity contribution is 0.0398. The Balaban J connectivity index is 1.49. The number of anilines is 1. The minimum absolute atomic E-state index is 0.366. The summed E-state index contributed by atoms with van der Waals surface area (Å²) in [5.41, 5.74) is 2.49. The molecule has 0 radical (unpaired) electrons. The van der Waals surface area contributed by atoms with E-state index in [1.165, 1.54) is 11.3 Å². The third kappa shape index (κ3) is 5.61. The van der Waals surface area contributed by atoms with Crippen LogP contribution >= 0.6 is 11.3 Å². The average Bonchev–Trinajstić information content (AvgIpc) is 3.29. The van der Waals surface area contributed by atoms with Gasteiger partial charge >= 0.3 is 0 Å². The molecule has 0 aliphatic carbocycles. The van der Waals surface area contributed by atoms with Crippen molar-refractivity contribution >= 4 is 43.4 Å². The number of fused-ring (bicyclic) bond motifs is 1. The quantitative estimate of drug-likeness (QED) is 0.495. The number of nitrogens with zero attached hydrogens (tertiary/aromatic N) is 2. The Hall–Kier alpha value is -2.74. The van der Waals surface area contributed by atoms with E-state index in [2.05, 4.69) is 46.6 Å². The standard InChI is InChI=1S/C24H26N4O3S2/c1-17(24(16-25)33(26,29)30)22-6-7-23(32-22)20-3-2-19-15-21(5-4-18(19)14-20)27-8-9-28-10-12-31-13-11-28/h2-7,14-15,27H,8-13H2,1H3,(H2,26,29,30)/b24-17+. The molecule has 2 aromatic carbocycles. The number of nitrogens with one attached hydrogen (secondary N) is 1. The smallest absolute Gasteiger partial charge is 0.248 e. The highest BCUT2D eigenvalue weighted by Crippen LogP contribution is 2.35. The molecule has 0 unspecified atom stereocenters. The Morgan fingerprint density at radius 1 is 1.15 bits per heavy atom. The summed E-state index contributed by atoms with van der Waals surface area (Å²) >= 11 is 1.44. The largest absolute Gasteiger partial charge is 0.384 e. The minimum Gasteiger partial charge on any atom is -0.384 e. The van der Waals surface area contributed by atoms with Crippen LogP contribution in [0.15, 0.2) is 53.4 Å². The summed E-state index contributed by atoms with van der Waals surface area (Å²) in [7, 11) is -4.05. The van der Waals surface area contributed by atoms with Gasteiger partial charge in [-0.3, -0.25) is 4.90 Å². The molecule has 172 valence electrons. The van der Waals surface area contributed by atoms with Crippen LogP contribution in [-0.2, 0) is 14.8 Å². The van der Waals surface area contributed by atoms with E-state index in [-0.39, 0.29) is 0 Å². The molecule has 1 aliphatic rings. The number of morpholine rings is 1. The lowest BCUT2D eigenvalue weighted by Crippen LogP contribution is -2.38. The van der Waals surface area contributed by atoms with E-state index in [9.17, 15) is 13.7 Å². The number of benzene rings is 2. The zero-order valence-electron chi connectivity index (χ0n) is 18.4. The van der Waals surface area contributed by atoms with Crippen LogP contribution in [0.2, 0.25) is 0 Å². The van der Waals surface area contributed by atoms with Crippen molar-refractivity contribution in [2.45, 2.75) is 6.92 Å². The fourth-order valence-corrected chi connectivity index (χ4v) is 5.60. The summed E-state index contributed by atoms with van der Waals surface area (Å²) in [5, 5.41) is 20.1. The van der Waals surface area contributed by atoms with Crippen molar-refractivity contribution in [3.05, 3.63) is 58.3 Å². The summed E-state index contributed by atoms with van der Waals surface area (Å²) < 4.78 is 28.7. The van der Waals surface area contributed by atoms with E-state index < -0.39 is 14.9 Å². The molecular weight excluding hydrogens is 456 g/mol. The molecule has 0 amide bonds. The maximum absolute atomic E-state index is 11.7. The number of ether oxygens (including phenoxy) is 1. The third-order valence-corrected chi connectivity index (χ3v) is 7.91. The monoisotopic (exact) mass is 482 g/mol. The molecule has 33 heavy (non-hydrogen) atoms. The number of nitrogens with two attached hydrogens (primary N) is 1. The second-order valence-electron chi connectivity index (χ2n) is 7.93. The molecule has 1 fully saturated rings. The van der Waals surface area contributed by atoms with Gasteiger partial charge in [0.05, 0.1) is 13.2 Å². The van der Waals surface area contributed by atoms with Crippen molar-refractivity contribution in [2.24, 2.45) is 5.14 Å². The van der Waals surface area contributed by atoms with E-state index in [4.69, 9.17) is 9.88 Å². The maximum Gasteiger partial charge on any atom is 0.248 e. The highest BCUT2D eigenvalue weighted by Gasteiger charge is 2.18. The van der Waals surface area contributed by atoms with Crippen molar-refractivity contribution in [3.8, 4) is 16.5 Å². The SMILES string of the molecule is C/C(=C(/C#N)S(N)(=O)=O)c1ccc(-c2ccc3cc(NCCN4CCOCC4)ccc3c2)s1. The van der Waals surface area contributed by atoms with Crippen molar-refractivity contribution < 1.29 is 13.2 Å². The second kappa shape index (κ2) is 10.0. The first kappa shape index (κ1) is 23.4. The molecule has 7 nitrogen and oxygen atoms in total. The van der Waals surface area contributed by atoms with Gasteiger partial charge in [0.1, 0.15) is 6.07 Å². The Bertz CT molecular complexity index is 1330. The van der Waals surface area contributed by atoms with E-state index in [1.54, 1.807) is 13.0 Å². The fraction of sp³-hybridized carbons (Fsp3) is 0.292. The van der Waals surface area contributed by atoms with Crippen molar-refractivity contribution in [3.63, 3.8) is 0 Å². The molecule has 0 spiro atoms. The normalized spacial score (nSPS) is 15.8. The summed E-state index contributed by atoms with van der Waals surface area (Å²) in [6, 6.07) is 18.1. The van der Waals surface area contributed by atoms with Gasteiger partial charge in [-0.1, -0.05) is 18.2 Å². The Morgan fingerprint density at radius 3 is 2.61 bits per heavy atom. The van der Waals surface area contributed by atoms with Gasteiger partial charge in [-0.15, -0.1) is 11.3 Å². The number of thiophene rings is 1. The molecule has 3 aromatic rings. The summed E-state index contributed by atoms with van der Waals surface area (Å²) in [5.74, 6) is 0. The molecule has 0 bridgehead atoms. The predicted octanol–water partition coefficient (Wildman–Crippen LogP) is 3.86. The van der Waals surface area contributed by atoms with Gasteiger partial charge in [-0.25, -0.2) is 13.6 Å². The van der Waals surface area contributed by atoms with Crippen LogP contribution in [0.25, 0.3) is 26.8 Å². The maximum atomic E-state index is 11.7. The van der Waals surface area contributed by atoms with Crippen LogP contribution < -0.4 is 10.5 Å². The van der Waals surface area contributed by atoms with Crippen LogP contribution in [0.5, 0.6) is 0 Å². The fourth-order valence-electron chi connectivity index (χ4n) is 3.86. The minimum atomic E-state index is -4.05. The van der Waals surface area contributed by atoms with Crippen LogP contribution in [0.1, 0.15) is 11.8 Å². The molecule has 9 heteroatoms. The number of hydrogen-bond donors (Lipinski definition) is 2. The topological polar surface area (TPSA) is 108 Å². The van der Waals surface area contributed by atoms with E-state index in [0.29, 0.717) is 10.5 Å². The number of rotatable bonds is 7. The lowest BCUT2D eigenvalue weighted by Gasteiger charge is -2.26. The number of primary sulfonamides is 1. The Labute approximate surface area is 198 Å². The highest BCUT2D eigenvalue weighted by atomic mass is 32.2. The summed E-state index contributed by atoms with van der Waals surface area (Å²) in [4.78, 5) is 3.70. The van der Waals surface area contributed by atoms with Crippen LogP contribution in [0.3, 0.4) is 0 Å². The lowest BCUT2D eigenvalue weighted by atomic mass is 10.1. The molecule has 1 aliphatic heterocycles. The van der Waals surface area contributed by atoms with Crippen molar-refractivity contribution in [1.82, 2.24) is 4.90 Å². The first-order valence-corrected chi connectivity index (χ1v) is 13.0. The number of allylic oxidation sites excluding steroid dienone is 2. The molecule has 4 rings (SSSR count). The van der Waals surface area contributed by atoms with Gasteiger partial charge in [0, 0.05) is 41.6 Å². The molecule has 3 N–H and O–H groups in total. The van der Waals surface area contributed by atoms with Gasteiger partial charge < -0.3 is 10.1 Å². The van der Waals surface area contributed by atoms with Crippen LogP contribution in [-0.4, -0.2) is 52.7 Å². The molecule has 0 saturated carbocycles. The number of hydrogen-bond acceptors (Lipinski definition) is 7. The van der Waals surface area contributed by atoms with Gasteiger partial charge in [0.15, 0.2) is 4.91 Å². The molecule has 2 heterocycles. The number of sulfonamides is 1. The molecular formula is C24H26N4O3S2. The average molecular weight is 483 g/mol. The second-order valence-corrected chi connectivity index (χ2v) is 10.5. The van der Waals surface area contributed by atoms with Gasteiger partial charge in [-0.2, -0.15) is 5.26 Å². The van der Waals surface area contributed by atoms with E-state index in [0.717, 1.165) is 66.3 Å². The molecule has 0 atom stereocenters. The van der Waals surface area contributed by atoms with Crippen molar-refractivity contribution in [1.29, 1.82) is 5.26 Å². The first-order chi connectivity index (χ1) is 15.8. The van der Waals surface area contributed by atoms with Gasteiger partial charge in [0.2, 0.25) is 10.0 Å². The van der Waals surface area contributed by atoms with E-state index >= 15 is 0 Å². The van der Waals surface area contributed by atoms with Gasteiger partial charge in [0.25, 0.3) is 0 Å². The zero-order valence-corrected chi connectivity index (χ0v) is 20.0. The van der Waals surface area contributed by atoms with Gasteiger partial charge in [-0.05, 0) is 59.2 Å². The van der Waals surface area contributed by atoms with Crippen molar-refractivity contribution in [2.75, 3.05) is 44.7 Å².